The monoisotopic (exact) mass is 462 g/mol. The molecule has 7 nitrogen and oxygen atoms in total. The highest BCUT2D eigenvalue weighted by atomic mass is 79.9. The number of ether oxygens (including phenoxy) is 3. The zero-order valence-electron chi connectivity index (χ0n) is 16.2. The summed E-state index contributed by atoms with van der Waals surface area (Å²) < 4.78 is 19.1. The Labute approximate surface area is 177 Å². The van der Waals surface area contributed by atoms with Gasteiger partial charge in [-0.15, -0.1) is 0 Å². The molecule has 154 valence electrons. The molecular weight excluding hydrogens is 440 g/mol. The molecule has 2 aromatic rings. The van der Waals surface area contributed by atoms with E-state index >= 15 is 0 Å². The Morgan fingerprint density at radius 2 is 2.03 bits per heavy atom. The molecule has 1 fully saturated rings. The quantitative estimate of drug-likeness (QED) is 0.659. The van der Waals surface area contributed by atoms with Crippen LogP contribution in [0.5, 0.6) is 5.75 Å². The first-order chi connectivity index (χ1) is 14.1. The molecule has 1 spiro atoms. The van der Waals surface area contributed by atoms with E-state index in [4.69, 9.17) is 14.2 Å². The van der Waals surface area contributed by atoms with Crippen molar-refractivity contribution in [3.05, 3.63) is 62.5 Å². The van der Waals surface area contributed by atoms with Crippen LogP contribution < -0.4 is 10.2 Å². The van der Waals surface area contributed by atoms with Crippen LogP contribution >= 0.6 is 15.9 Å². The number of benzene rings is 1. The minimum absolute atomic E-state index is 0.0709. The van der Waals surface area contributed by atoms with Crippen molar-refractivity contribution in [3.63, 3.8) is 0 Å². The molecule has 1 aromatic carbocycles. The Bertz CT molecular complexity index is 954. The topological polar surface area (TPSA) is 70.0 Å². The molecule has 1 unspecified atom stereocenters. The summed E-state index contributed by atoms with van der Waals surface area (Å²) in [5.74, 6) is -0.158. The first-order valence-corrected chi connectivity index (χ1v) is 10.3. The van der Waals surface area contributed by atoms with Crippen LogP contribution in [0, 0.1) is 0 Å². The van der Waals surface area contributed by atoms with E-state index in [-0.39, 0.29) is 29.4 Å². The van der Waals surface area contributed by atoms with Gasteiger partial charge in [-0.1, -0.05) is 30.3 Å². The number of fused-ring (bicyclic) bond motifs is 2. The van der Waals surface area contributed by atoms with Crippen molar-refractivity contribution in [3.8, 4) is 5.75 Å². The van der Waals surface area contributed by atoms with Crippen molar-refractivity contribution in [1.29, 1.82) is 0 Å². The number of pyridine rings is 1. The summed E-state index contributed by atoms with van der Waals surface area (Å²) in [7, 11) is 1.60. The Morgan fingerprint density at radius 3 is 2.72 bits per heavy atom. The second-order valence-electron chi connectivity index (χ2n) is 7.37. The summed E-state index contributed by atoms with van der Waals surface area (Å²) in [5.41, 5.74) is 0.451. The number of methoxy groups -OCH3 is 1. The van der Waals surface area contributed by atoms with Crippen LogP contribution in [0.3, 0.4) is 0 Å². The molecule has 0 bridgehead atoms. The lowest BCUT2D eigenvalue weighted by atomic mass is 9.93. The van der Waals surface area contributed by atoms with E-state index < -0.39 is 5.54 Å². The molecule has 1 aromatic heterocycles. The van der Waals surface area contributed by atoms with E-state index in [1.165, 1.54) is 0 Å². The van der Waals surface area contributed by atoms with E-state index in [0.29, 0.717) is 37.4 Å². The summed E-state index contributed by atoms with van der Waals surface area (Å²) in [4.78, 5) is 28.0. The molecule has 3 heterocycles. The number of rotatable bonds is 6. The molecule has 2 aliphatic rings. The minimum atomic E-state index is -0.419. The van der Waals surface area contributed by atoms with Gasteiger partial charge < -0.3 is 23.7 Å². The van der Waals surface area contributed by atoms with Gasteiger partial charge in [0, 0.05) is 33.0 Å². The van der Waals surface area contributed by atoms with Crippen LogP contribution in [0.15, 0.2) is 45.8 Å². The largest absolute Gasteiger partial charge is 0.483 e. The fraction of sp³-hybridized carbons (Fsp3) is 0.429. The molecule has 1 amide bonds. The summed E-state index contributed by atoms with van der Waals surface area (Å²) >= 11 is 3.36. The van der Waals surface area contributed by atoms with Gasteiger partial charge in [-0.25, -0.2) is 0 Å². The number of hydrogen-bond donors (Lipinski definition) is 0. The van der Waals surface area contributed by atoms with Gasteiger partial charge in [0.2, 0.25) is 5.43 Å². The zero-order chi connectivity index (χ0) is 20.4. The average molecular weight is 463 g/mol. The Kier molecular flexibility index (Phi) is 5.76. The molecule has 0 radical (unpaired) electrons. The van der Waals surface area contributed by atoms with E-state index in [9.17, 15) is 9.59 Å². The van der Waals surface area contributed by atoms with Crippen LogP contribution in [-0.4, -0.2) is 55.4 Å². The molecular formula is C21H23BrN2O5. The number of aromatic nitrogens is 1. The van der Waals surface area contributed by atoms with Gasteiger partial charge in [0.1, 0.15) is 6.61 Å². The fourth-order valence-corrected chi connectivity index (χ4v) is 4.33. The van der Waals surface area contributed by atoms with Crippen LogP contribution in [0.25, 0.3) is 0 Å². The van der Waals surface area contributed by atoms with Gasteiger partial charge >= 0.3 is 0 Å². The van der Waals surface area contributed by atoms with Gasteiger partial charge in [-0.3, -0.25) is 9.59 Å². The van der Waals surface area contributed by atoms with Gasteiger partial charge in [0.15, 0.2) is 11.4 Å². The molecule has 0 aliphatic carbocycles. The lowest BCUT2D eigenvalue weighted by Gasteiger charge is -2.43. The maximum Gasteiger partial charge on any atom is 0.274 e. The molecule has 0 N–H and O–H groups in total. The second-order valence-corrected chi connectivity index (χ2v) is 8.23. The summed E-state index contributed by atoms with van der Waals surface area (Å²) in [6.45, 7) is 2.66. The summed E-state index contributed by atoms with van der Waals surface area (Å²) in [5, 5.41) is 0. The molecule has 8 heteroatoms. The highest BCUT2D eigenvalue weighted by molar-refractivity contribution is 9.10. The third kappa shape index (κ3) is 3.72. The van der Waals surface area contributed by atoms with E-state index in [2.05, 4.69) is 15.9 Å². The molecule has 0 saturated carbocycles. The van der Waals surface area contributed by atoms with Crippen LogP contribution in [0.2, 0.25) is 0 Å². The Hall–Kier alpha value is -2.16. The van der Waals surface area contributed by atoms with Crippen molar-refractivity contribution < 1.29 is 19.0 Å². The molecule has 1 saturated heterocycles. The highest BCUT2D eigenvalue weighted by Gasteiger charge is 2.47. The maximum atomic E-state index is 13.3. The summed E-state index contributed by atoms with van der Waals surface area (Å²) in [6.07, 6.45) is 2.46. The van der Waals surface area contributed by atoms with E-state index in [1.54, 1.807) is 18.2 Å². The fourth-order valence-electron chi connectivity index (χ4n) is 3.95. The summed E-state index contributed by atoms with van der Waals surface area (Å²) in [6, 6.07) is 9.57. The third-order valence-electron chi connectivity index (χ3n) is 5.48. The Balaban J connectivity index is 1.79. The highest BCUT2D eigenvalue weighted by Crippen LogP contribution is 2.37. The van der Waals surface area contributed by atoms with Crippen molar-refractivity contribution in [2.24, 2.45) is 0 Å². The Morgan fingerprint density at radius 1 is 1.24 bits per heavy atom. The van der Waals surface area contributed by atoms with E-state index in [0.717, 1.165) is 12.0 Å². The van der Waals surface area contributed by atoms with Gasteiger partial charge in [-0.05, 0) is 27.9 Å². The van der Waals surface area contributed by atoms with Crippen LogP contribution in [0.1, 0.15) is 22.5 Å². The van der Waals surface area contributed by atoms with Crippen molar-refractivity contribution in [1.82, 2.24) is 9.47 Å². The smallest absolute Gasteiger partial charge is 0.274 e. The van der Waals surface area contributed by atoms with Gasteiger partial charge in [0.25, 0.3) is 5.91 Å². The standard InChI is InChI=1S/C21H23BrN2O5/c1-27-10-8-23-13-21(7-9-28-14-21)24-11-16(22)18(25)19(17(24)20(23)26)29-12-15-5-3-2-4-6-15/h2-6,11H,7-10,12-14H2,1H3. The van der Waals surface area contributed by atoms with E-state index in [1.807, 2.05) is 34.9 Å². The number of carbonyl (C=O) groups excluding carboxylic acids is 1. The number of hydrogen-bond acceptors (Lipinski definition) is 5. The normalized spacial score (nSPS) is 20.9. The maximum absolute atomic E-state index is 13.3. The van der Waals surface area contributed by atoms with Crippen LogP contribution in [0.4, 0.5) is 0 Å². The predicted octanol–water partition coefficient (Wildman–Crippen LogP) is 2.41. The number of halogens is 1. The lowest BCUT2D eigenvalue weighted by Crippen LogP contribution is -2.55. The SMILES string of the molecule is COCCN1CC2(CCOC2)n2cc(Br)c(=O)c(OCc3ccccc3)c2C1=O. The van der Waals surface area contributed by atoms with Gasteiger partial charge in [-0.2, -0.15) is 0 Å². The van der Waals surface area contributed by atoms with Crippen molar-refractivity contribution in [2.75, 3.05) is 40.0 Å². The minimum Gasteiger partial charge on any atom is -0.483 e. The van der Waals surface area contributed by atoms with Gasteiger partial charge in [0.05, 0.1) is 23.2 Å². The predicted molar refractivity (Wildman–Crippen MR) is 110 cm³/mol. The molecule has 4 rings (SSSR count). The number of amides is 1. The van der Waals surface area contributed by atoms with Crippen molar-refractivity contribution >= 4 is 21.8 Å². The number of carbonyl (C=O) groups is 1. The lowest BCUT2D eigenvalue weighted by molar-refractivity contribution is 0.0421. The first-order valence-electron chi connectivity index (χ1n) is 9.54. The molecule has 2 aliphatic heterocycles. The molecule has 29 heavy (non-hydrogen) atoms. The first kappa shape index (κ1) is 20.1. The van der Waals surface area contributed by atoms with Crippen molar-refractivity contribution in [2.45, 2.75) is 18.6 Å². The average Bonchev–Trinajstić information content (AvgIpc) is 3.20. The zero-order valence-corrected chi connectivity index (χ0v) is 17.8. The second kappa shape index (κ2) is 8.30. The number of nitrogens with zero attached hydrogens (tertiary/aromatic N) is 2. The van der Waals surface area contributed by atoms with Crippen LogP contribution in [-0.2, 0) is 21.6 Å². The molecule has 1 atom stereocenters. The third-order valence-corrected chi connectivity index (χ3v) is 6.05.